The van der Waals surface area contributed by atoms with Crippen LogP contribution in [0, 0.1) is 16.7 Å². The third kappa shape index (κ3) is 2.77. The molecule has 26 heavy (non-hydrogen) atoms. The molecule has 0 aliphatic heterocycles. The van der Waals surface area contributed by atoms with Gasteiger partial charge in [0, 0.05) is 13.0 Å². The van der Waals surface area contributed by atoms with Gasteiger partial charge in [-0.2, -0.15) is 0 Å². The predicted molar refractivity (Wildman–Crippen MR) is 96.1 cm³/mol. The van der Waals surface area contributed by atoms with Gasteiger partial charge in [-0.1, -0.05) is 20.3 Å². The molecular weight excluding hydrogens is 330 g/mol. The van der Waals surface area contributed by atoms with Gasteiger partial charge in [0.25, 0.3) is 0 Å². The van der Waals surface area contributed by atoms with Gasteiger partial charge in [0.05, 0.1) is 17.6 Å². The highest BCUT2D eigenvalue weighted by Gasteiger charge is 2.65. The van der Waals surface area contributed by atoms with Crippen molar-refractivity contribution in [2.75, 3.05) is 6.54 Å². The molecule has 4 bridgehead atoms. The SMILES string of the molecule is CCc1nnc(CN(CC)C(=O)[C@]23C[C@@H]4C[C@](O)(C[C@@](CC)(C4)C2)C3)o1. The lowest BCUT2D eigenvalue weighted by atomic mass is 9.42. The van der Waals surface area contributed by atoms with Crippen LogP contribution < -0.4 is 0 Å². The van der Waals surface area contributed by atoms with Gasteiger partial charge in [0.1, 0.15) is 0 Å². The number of aromatic nitrogens is 2. The highest BCUT2D eigenvalue weighted by molar-refractivity contribution is 5.83. The van der Waals surface area contributed by atoms with Gasteiger partial charge in [-0.3, -0.25) is 4.79 Å². The maximum absolute atomic E-state index is 13.6. The van der Waals surface area contributed by atoms with Gasteiger partial charge in [0.2, 0.25) is 17.7 Å². The first-order chi connectivity index (χ1) is 12.3. The molecule has 0 saturated heterocycles. The summed E-state index contributed by atoms with van der Waals surface area (Å²) in [6.45, 7) is 7.18. The minimum atomic E-state index is -0.648. The summed E-state index contributed by atoms with van der Waals surface area (Å²) in [4.78, 5) is 15.5. The van der Waals surface area contributed by atoms with Crippen LogP contribution in [0.3, 0.4) is 0 Å². The average molecular weight is 361 g/mol. The number of carbonyl (C=O) groups is 1. The van der Waals surface area contributed by atoms with Gasteiger partial charge in [-0.15, -0.1) is 10.2 Å². The molecule has 1 amide bonds. The van der Waals surface area contributed by atoms with Crippen LogP contribution in [-0.2, 0) is 17.8 Å². The smallest absolute Gasteiger partial charge is 0.235 e. The third-order valence-electron chi connectivity index (χ3n) is 7.16. The number of aryl methyl sites for hydroxylation is 1. The number of nitrogens with zero attached hydrogens (tertiary/aromatic N) is 3. The van der Waals surface area contributed by atoms with Crippen molar-refractivity contribution in [2.45, 2.75) is 84.3 Å². The highest BCUT2D eigenvalue weighted by atomic mass is 16.4. The molecular formula is C20H31N3O3. The van der Waals surface area contributed by atoms with E-state index in [2.05, 4.69) is 17.1 Å². The Hall–Kier alpha value is -1.43. The molecule has 5 rings (SSSR count). The van der Waals surface area contributed by atoms with Crippen LogP contribution in [0.25, 0.3) is 0 Å². The fourth-order valence-corrected chi connectivity index (χ4v) is 6.54. The van der Waals surface area contributed by atoms with Crippen LogP contribution in [0.5, 0.6) is 0 Å². The summed E-state index contributed by atoms with van der Waals surface area (Å²) in [6.07, 6.45) is 7.15. The molecule has 0 radical (unpaired) electrons. The van der Waals surface area contributed by atoms with Crippen LogP contribution in [0.4, 0.5) is 0 Å². The lowest BCUT2D eigenvalue weighted by molar-refractivity contribution is -0.210. The fraction of sp³-hybridized carbons (Fsp3) is 0.850. The topological polar surface area (TPSA) is 79.5 Å². The molecule has 6 heteroatoms. The van der Waals surface area contributed by atoms with Crippen molar-refractivity contribution >= 4 is 5.91 Å². The fourth-order valence-electron chi connectivity index (χ4n) is 6.54. The van der Waals surface area contributed by atoms with E-state index in [-0.39, 0.29) is 11.3 Å². The summed E-state index contributed by atoms with van der Waals surface area (Å²) < 4.78 is 5.63. The van der Waals surface area contributed by atoms with Crippen LogP contribution >= 0.6 is 0 Å². The van der Waals surface area contributed by atoms with Crippen LogP contribution in [0.1, 0.15) is 77.5 Å². The van der Waals surface area contributed by atoms with Crippen molar-refractivity contribution < 1.29 is 14.3 Å². The molecule has 4 aliphatic carbocycles. The lowest BCUT2D eigenvalue weighted by Gasteiger charge is -2.64. The zero-order chi connectivity index (χ0) is 18.6. The van der Waals surface area contributed by atoms with E-state index in [4.69, 9.17) is 4.42 Å². The van der Waals surface area contributed by atoms with E-state index < -0.39 is 11.0 Å². The largest absolute Gasteiger partial charge is 0.423 e. The second kappa shape index (κ2) is 6.04. The monoisotopic (exact) mass is 361 g/mol. The highest BCUT2D eigenvalue weighted by Crippen LogP contribution is 2.68. The number of carbonyl (C=O) groups excluding carboxylic acids is 1. The Balaban J connectivity index is 1.59. The first-order valence-corrected chi connectivity index (χ1v) is 10.2. The first-order valence-electron chi connectivity index (χ1n) is 10.2. The van der Waals surface area contributed by atoms with Gasteiger partial charge in [-0.05, 0) is 56.8 Å². The van der Waals surface area contributed by atoms with Crippen LogP contribution in [0.2, 0.25) is 0 Å². The van der Waals surface area contributed by atoms with E-state index in [1.165, 1.54) is 6.42 Å². The summed E-state index contributed by atoms with van der Waals surface area (Å²) in [5, 5.41) is 19.3. The molecule has 144 valence electrons. The number of aliphatic hydroxyl groups is 1. The van der Waals surface area contributed by atoms with Gasteiger partial charge < -0.3 is 14.4 Å². The van der Waals surface area contributed by atoms with E-state index in [9.17, 15) is 9.90 Å². The van der Waals surface area contributed by atoms with Crippen molar-refractivity contribution in [2.24, 2.45) is 16.7 Å². The van der Waals surface area contributed by atoms with E-state index in [0.29, 0.717) is 43.6 Å². The molecule has 4 saturated carbocycles. The van der Waals surface area contributed by atoms with Crippen molar-refractivity contribution in [3.05, 3.63) is 11.8 Å². The minimum absolute atomic E-state index is 0.142. The molecule has 1 aromatic rings. The molecule has 1 heterocycles. The van der Waals surface area contributed by atoms with Crippen molar-refractivity contribution in [3.63, 3.8) is 0 Å². The van der Waals surface area contributed by atoms with E-state index >= 15 is 0 Å². The Morgan fingerprint density at radius 3 is 2.54 bits per heavy atom. The molecule has 1 aromatic heterocycles. The molecule has 0 unspecified atom stereocenters. The summed E-state index contributed by atoms with van der Waals surface area (Å²) in [7, 11) is 0. The zero-order valence-electron chi connectivity index (χ0n) is 16.3. The zero-order valence-corrected chi connectivity index (χ0v) is 16.3. The molecule has 1 N–H and O–H groups in total. The minimum Gasteiger partial charge on any atom is -0.423 e. The van der Waals surface area contributed by atoms with Gasteiger partial charge in [0.15, 0.2) is 0 Å². The molecule has 0 aromatic carbocycles. The van der Waals surface area contributed by atoms with E-state index in [1.54, 1.807) is 0 Å². The standard InChI is InChI=1S/C20H31N3O3/c1-4-15-21-22-16(26-15)10-23(6-3)17(24)19-8-14-7-18(5-2,11-19)12-20(25,9-14)13-19/h14,25H,4-13H2,1-3H3/t14-,18+,19-,20+/m1/s1. The van der Waals surface area contributed by atoms with Crippen molar-refractivity contribution in [3.8, 4) is 0 Å². The number of rotatable bonds is 6. The van der Waals surface area contributed by atoms with Gasteiger partial charge >= 0.3 is 0 Å². The summed E-state index contributed by atoms with van der Waals surface area (Å²) in [5.41, 5.74) is -0.915. The summed E-state index contributed by atoms with van der Waals surface area (Å²) in [6, 6.07) is 0. The maximum Gasteiger partial charge on any atom is 0.235 e. The van der Waals surface area contributed by atoms with E-state index in [1.807, 2.05) is 18.7 Å². The second-order valence-corrected chi connectivity index (χ2v) is 9.13. The number of hydrogen-bond acceptors (Lipinski definition) is 5. The second-order valence-electron chi connectivity index (χ2n) is 9.13. The number of hydrogen-bond donors (Lipinski definition) is 1. The Labute approximate surface area is 155 Å². The third-order valence-corrected chi connectivity index (χ3v) is 7.16. The van der Waals surface area contributed by atoms with Crippen LogP contribution in [-0.4, -0.2) is 38.3 Å². The normalized spacial score (nSPS) is 37.9. The Morgan fingerprint density at radius 2 is 1.92 bits per heavy atom. The maximum atomic E-state index is 13.6. The molecule has 4 atom stereocenters. The van der Waals surface area contributed by atoms with Crippen LogP contribution in [0.15, 0.2) is 4.42 Å². The first kappa shape index (κ1) is 18.0. The predicted octanol–water partition coefficient (Wildman–Crippen LogP) is 3.09. The van der Waals surface area contributed by atoms with Gasteiger partial charge in [-0.25, -0.2) is 0 Å². The van der Waals surface area contributed by atoms with Crippen molar-refractivity contribution in [1.29, 1.82) is 0 Å². The Bertz CT molecular complexity index is 704. The Morgan fingerprint density at radius 1 is 1.15 bits per heavy atom. The number of amides is 1. The molecule has 4 fully saturated rings. The quantitative estimate of drug-likeness (QED) is 0.842. The molecule has 6 nitrogen and oxygen atoms in total. The lowest BCUT2D eigenvalue weighted by Crippen LogP contribution is -2.64. The summed E-state index contributed by atoms with van der Waals surface area (Å²) in [5.74, 6) is 1.77. The molecule has 4 aliphatic rings. The average Bonchev–Trinajstić information content (AvgIpc) is 3.04. The summed E-state index contributed by atoms with van der Waals surface area (Å²) >= 11 is 0. The molecule has 0 spiro atoms. The Kier molecular flexibility index (Phi) is 4.17. The van der Waals surface area contributed by atoms with E-state index in [0.717, 1.165) is 32.1 Å². The van der Waals surface area contributed by atoms with Crippen molar-refractivity contribution in [1.82, 2.24) is 15.1 Å².